The van der Waals surface area contributed by atoms with Crippen molar-refractivity contribution in [3.05, 3.63) is 34.2 Å². The Bertz CT molecular complexity index is 595. The van der Waals surface area contributed by atoms with Crippen molar-refractivity contribution in [3.63, 3.8) is 0 Å². The third-order valence-electron chi connectivity index (χ3n) is 3.94. The van der Waals surface area contributed by atoms with Crippen molar-refractivity contribution in [3.8, 4) is 11.3 Å². The van der Waals surface area contributed by atoms with Crippen LogP contribution in [0.3, 0.4) is 0 Å². The first-order valence-corrected chi connectivity index (χ1v) is 7.77. The lowest BCUT2D eigenvalue weighted by atomic mass is 10.0. The van der Waals surface area contributed by atoms with E-state index in [9.17, 15) is 0 Å². The molecule has 1 aromatic carbocycles. The van der Waals surface area contributed by atoms with Crippen molar-refractivity contribution in [1.82, 2.24) is 4.98 Å². The molecule has 0 unspecified atom stereocenters. The lowest BCUT2D eigenvalue weighted by Crippen LogP contribution is -2.17. The van der Waals surface area contributed by atoms with E-state index in [0.29, 0.717) is 0 Å². The van der Waals surface area contributed by atoms with Crippen molar-refractivity contribution < 1.29 is 0 Å². The van der Waals surface area contributed by atoms with Gasteiger partial charge < -0.3 is 4.90 Å². The third-order valence-corrected chi connectivity index (χ3v) is 4.97. The minimum atomic E-state index is 1.16. The molecule has 3 rings (SSSR count). The van der Waals surface area contributed by atoms with Gasteiger partial charge in [-0.3, -0.25) is 0 Å². The van der Waals surface area contributed by atoms with Gasteiger partial charge in [0.05, 0.1) is 5.69 Å². The lowest BCUT2D eigenvalue weighted by Gasteiger charge is -2.12. The van der Waals surface area contributed by atoms with E-state index in [4.69, 9.17) is 4.98 Å². The number of aryl methyl sites for hydroxylation is 3. The molecule has 0 radical (unpaired) electrons. The second-order valence-electron chi connectivity index (χ2n) is 5.39. The molecule has 100 valence electrons. The average Bonchev–Trinajstić information content (AvgIpc) is 3.01. The van der Waals surface area contributed by atoms with Gasteiger partial charge >= 0.3 is 0 Å². The maximum absolute atomic E-state index is 4.88. The van der Waals surface area contributed by atoms with E-state index >= 15 is 0 Å². The highest BCUT2D eigenvalue weighted by molar-refractivity contribution is 7.16. The first-order valence-electron chi connectivity index (χ1n) is 6.95. The third kappa shape index (κ3) is 2.39. The molecule has 0 atom stereocenters. The van der Waals surface area contributed by atoms with Gasteiger partial charge in [0.15, 0.2) is 5.13 Å². The molecule has 19 heavy (non-hydrogen) atoms. The van der Waals surface area contributed by atoms with Crippen LogP contribution in [0.15, 0.2) is 18.2 Å². The molecule has 1 fully saturated rings. The largest absolute Gasteiger partial charge is 0.348 e. The summed E-state index contributed by atoms with van der Waals surface area (Å²) in [5.74, 6) is 0. The van der Waals surface area contributed by atoms with Gasteiger partial charge in [-0.2, -0.15) is 0 Å². The zero-order valence-corrected chi connectivity index (χ0v) is 12.7. The fourth-order valence-corrected chi connectivity index (χ4v) is 3.57. The molecule has 3 heteroatoms. The fourth-order valence-electron chi connectivity index (χ4n) is 2.58. The van der Waals surface area contributed by atoms with Crippen LogP contribution in [0, 0.1) is 20.8 Å². The summed E-state index contributed by atoms with van der Waals surface area (Å²) in [6.45, 7) is 8.84. The number of thiazole rings is 1. The van der Waals surface area contributed by atoms with Crippen LogP contribution in [0.5, 0.6) is 0 Å². The number of hydrogen-bond donors (Lipinski definition) is 0. The number of nitrogens with zero attached hydrogens (tertiary/aromatic N) is 2. The smallest absolute Gasteiger partial charge is 0.186 e. The van der Waals surface area contributed by atoms with Crippen molar-refractivity contribution in [2.45, 2.75) is 33.6 Å². The molecule has 0 aliphatic carbocycles. The van der Waals surface area contributed by atoms with Crippen LogP contribution in [0.1, 0.15) is 28.8 Å². The molecule has 1 aliphatic heterocycles. The van der Waals surface area contributed by atoms with Gasteiger partial charge in [-0.25, -0.2) is 4.98 Å². The Kier molecular flexibility index (Phi) is 3.31. The van der Waals surface area contributed by atoms with Crippen LogP contribution in [-0.2, 0) is 0 Å². The van der Waals surface area contributed by atoms with Crippen LogP contribution in [0.25, 0.3) is 11.3 Å². The normalized spacial score (nSPS) is 15.2. The Labute approximate surface area is 119 Å². The van der Waals surface area contributed by atoms with E-state index in [0.717, 1.165) is 5.69 Å². The maximum atomic E-state index is 4.88. The molecule has 2 nitrogen and oxygen atoms in total. The molecule has 2 aromatic rings. The van der Waals surface area contributed by atoms with Gasteiger partial charge in [-0.05, 0) is 50.8 Å². The van der Waals surface area contributed by atoms with Crippen LogP contribution in [0.4, 0.5) is 5.13 Å². The predicted molar refractivity (Wildman–Crippen MR) is 83.2 cm³/mol. The van der Waals surface area contributed by atoms with E-state index < -0.39 is 0 Å². The highest BCUT2D eigenvalue weighted by Crippen LogP contribution is 2.34. The summed E-state index contributed by atoms with van der Waals surface area (Å²) in [6, 6.07) is 6.64. The van der Waals surface area contributed by atoms with Crippen LogP contribution < -0.4 is 4.90 Å². The van der Waals surface area contributed by atoms with Gasteiger partial charge in [0.1, 0.15) is 0 Å². The van der Waals surface area contributed by atoms with Gasteiger partial charge in [-0.15, -0.1) is 11.3 Å². The Balaban J connectivity index is 1.97. The van der Waals surface area contributed by atoms with Gasteiger partial charge in [0.25, 0.3) is 0 Å². The highest BCUT2D eigenvalue weighted by Gasteiger charge is 2.18. The highest BCUT2D eigenvalue weighted by atomic mass is 32.1. The zero-order valence-electron chi connectivity index (χ0n) is 11.9. The summed E-state index contributed by atoms with van der Waals surface area (Å²) in [7, 11) is 0. The van der Waals surface area contributed by atoms with Gasteiger partial charge in [-0.1, -0.05) is 12.1 Å². The van der Waals surface area contributed by atoms with Crippen LogP contribution in [-0.4, -0.2) is 18.1 Å². The molecular formula is C16H20N2S. The van der Waals surface area contributed by atoms with Crippen molar-refractivity contribution >= 4 is 16.5 Å². The predicted octanol–water partition coefficient (Wildman–Crippen LogP) is 4.34. The Morgan fingerprint density at radius 3 is 2.47 bits per heavy atom. The molecule has 2 heterocycles. The Morgan fingerprint density at radius 1 is 1.05 bits per heavy atom. The molecule has 0 N–H and O–H groups in total. The number of benzene rings is 1. The molecule has 0 saturated carbocycles. The van der Waals surface area contributed by atoms with Crippen molar-refractivity contribution in [2.24, 2.45) is 0 Å². The molecule has 1 aliphatic rings. The molecular weight excluding hydrogens is 252 g/mol. The molecule has 0 spiro atoms. The summed E-state index contributed by atoms with van der Waals surface area (Å²) in [5, 5.41) is 1.20. The van der Waals surface area contributed by atoms with E-state index in [-0.39, 0.29) is 0 Å². The van der Waals surface area contributed by atoms with E-state index in [1.165, 1.54) is 52.6 Å². The van der Waals surface area contributed by atoms with Crippen molar-refractivity contribution in [2.75, 3.05) is 18.0 Å². The minimum absolute atomic E-state index is 1.16. The molecule has 0 amide bonds. The Hall–Kier alpha value is -1.35. The van der Waals surface area contributed by atoms with E-state index in [2.05, 4.69) is 43.9 Å². The molecule has 1 saturated heterocycles. The molecule has 0 bridgehead atoms. The van der Waals surface area contributed by atoms with Gasteiger partial charge in [0, 0.05) is 23.5 Å². The van der Waals surface area contributed by atoms with Crippen LogP contribution in [0.2, 0.25) is 0 Å². The molecule has 1 aromatic heterocycles. The SMILES string of the molecule is Cc1ccc(-c2nc(N3CCCC3)sc2C)cc1C. The van der Waals surface area contributed by atoms with E-state index in [1.807, 2.05) is 11.3 Å². The topological polar surface area (TPSA) is 16.1 Å². The summed E-state index contributed by atoms with van der Waals surface area (Å²) < 4.78 is 0. The quantitative estimate of drug-likeness (QED) is 0.808. The maximum Gasteiger partial charge on any atom is 0.186 e. The lowest BCUT2D eigenvalue weighted by molar-refractivity contribution is 0.949. The Morgan fingerprint density at radius 2 is 1.79 bits per heavy atom. The van der Waals surface area contributed by atoms with Crippen LogP contribution >= 0.6 is 11.3 Å². The summed E-state index contributed by atoms with van der Waals surface area (Å²) in [6.07, 6.45) is 2.61. The zero-order chi connectivity index (χ0) is 13.4. The first-order chi connectivity index (χ1) is 9.15. The van der Waals surface area contributed by atoms with Gasteiger partial charge in [0.2, 0.25) is 0 Å². The minimum Gasteiger partial charge on any atom is -0.348 e. The van der Waals surface area contributed by atoms with Crippen molar-refractivity contribution in [1.29, 1.82) is 0 Å². The first kappa shape index (κ1) is 12.7. The number of rotatable bonds is 2. The average molecular weight is 272 g/mol. The van der Waals surface area contributed by atoms with E-state index in [1.54, 1.807) is 0 Å². The summed E-state index contributed by atoms with van der Waals surface area (Å²) in [5.41, 5.74) is 5.10. The fraction of sp³-hybridized carbons (Fsp3) is 0.438. The summed E-state index contributed by atoms with van der Waals surface area (Å²) >= 11 is 1.83. The second kappa shape index (κ2) is 4.97. The standard InChI is InChI=1S/C16H20N2S/c1-11-6-7-14(10-12(11)2)15-13(3)19-16(17-15)18-8-4-5-9-18/h6-7,10H,4-5,8-9H2,1-3H3. The second-order valence-corrected chi connectivity index (χ2v) is 6.58. The number of hydrogen-bond acceptors (Lipinski definition) is 3. The summed E-state index contributed by atoms with van der Waals surface area (Å²) in [4.78, 5) is 8.62. The number of anilines is 1. The monoisotopic (exact) mass is 272 g/mol. The number of aromatic nitrogens is 1.